The Morgan fingerprint density at radius 1 is 1.31 bits per heavy atom. The van der Waals surface area contributed by atoms with E-state index in [1.54, 1.807) is 0 Å². The van der Waals surface area contributed by atoms with E-state index in [0.29, 0.717) is 6.61 Å². The van der Waals surface area contributed by atoms with Crippen LogP contribution in [-0.4, -0.2) is 12.6 Å². The molecule has 0 saturated heterocycles. The van der Waals surface area contributed by atoms with Gasteiger partial charge in [0.2, 0.25) is 0 Å². The van der Waals surface area contributed by atoms with Gasteiger partial charge in [0.15, 0.2) is 0 Å². The van der Waals surface area contributed by atoms with Gasteiger partial charge in [0.05, 0.1) is 6.61 Å². The van der Waals surface area contributed by atoms with Crippen LogP contribution in [0.1, 0.15) is 32.4 Å². The Kier molecular flexibility index (Phi) is 4.07. The van der Waals surface area contributed by atoms with E-state index in [-0.39, 0.29) is 11.4 Å². The summed E-state index contributed by atoms with van der Waals surface area (Å²) in [6, 6.07) is 8.55. The van der Waals surface area contributed by atoms with Crippen LogP contribution in [0, 0.1) is 5.41 Å². The minimum atomic E-state index is -0.691. The van der Waals surface area contributed by atoms with Gasteiger partial charge in [-0.05, 0) is 11.0 Å². The normalized spacial score (nSPS) is 13.2. The van der Waals surface area contributed by atoms with E-state index in [1.807, 2.05) is 51.1 Å². The van der Waals surface area contributed by atoms with Gasteiger partial charge in [-0.3, -0.25) is 0 Å². The van der Waals surface area contributed by atoms with E-state index in [2.05, 4.69) is 0 Å². The average Bonchev–Trinajstić information content (AvgIpc) is 2.25. The number of benzene rings is 1. The van der Waals surface area contributed by atoms with Crippen LogP contribution in [0.5, 0.6) is 0 Å². The summed E-state index contributed by atoms with van der Waals surface area (Å²) in [6.07, 6.45) is 0. The number of hydrogen-bond acceptors (Lipinski definition) is 3. The van der Waals surface area contributed by atoms with Crippen molar-refractivity contribution in [2.45, 2.75) is 26.8 Å². The van der Waals surface area contributed by atoms with Gasteiger partial charge >= 0.3 is 5.97 Å². The maximum atomic E-state index is 11.6. The predicted molar refractivity (Wildman–Crippen MR) is 63.8 cm³/mol. The van der Waals surface area contributed by atoms with Crippen molar-refractivity contribution in [2.75, 3.05) is 6.61 Å². The first-order chi connectivity index (χ1) is 7.40. The quantitative estimate of drug-likeness (QED) is 0.797. The maximum Gasteiger partial charge on any atom is 0.327 e. The van der Waals surface area contributed by atoms with Gasteiger partial charge in [0.25, 0.3) is 0 Å². The van der Waals surface area contributed by atoms with E-state index in [0.717, 1.165) is 5.56 Å². The van der Waals surface area contributed by atoms with E-state index in [1.165, 1.54) is 0 Å². The SMILES string of the molecule is CC(C)(C)COC(=O)[C@@H](N)c1ccccc1. The Balaban J connectivity index is 2.55. The fourth-order valence-corrected chi connectivity index (χ4v) is 1.17. The second kappa shape index (κ2) is 5.12. The lowest BCUT2D eigenvalue weighted by molar-refractivity contribution is -0.148. The Hall–Kier alpha value is -1.35. The summed E-state index contributed by atoms with van der Waals surface area (Å²) in [5, 5.41) is 0. The summed E-state index contributed by atoms with van der Waals surface area (Å²) in [5.41, 5.74) is 6.54. The van der Waals surface area contributed by atoms with Crippen LogP contribution in [0.25, 0.3) is 0 Å². The molecule has 1 aromatic carbocycles. The summed E-state index contributed by atoms with van der Waals surface area (Å²) >= 11 is 0. The molecule has 0 radical (unpaired) electrons. The topological polar surface area (TPSA) is 52.3 Å². The third-order valence-corrected chi connectivity index (χ3v) is 2.06. The van der Waals surface area contributed by atoms with Crippen LogP contribution < -0.4 is 5.73 Å². The molecule has 0 spiro atoms. The maximum absolute atomic E-state index is 11.6. The number of hydrogen-bond donors (Lipinski definition) is 1. The molecule has 1 aromatic rings. The summed E-state index contributed by atoms with van der Waals surface area (Å²) in [4.78, 5) is 11.6. The Labute approximate surface area is 96.6 Å². The molecule has 3 nitrogen and oxygen atoms in total. The van der Waals surface area contributed by atoms with Crippen LogP contribution >= 0.6 is 0 Å². The standard InChI is InChI=1S/C13H19NO2/c1-13(2,3)9-16-12(15)11(14)10-7-5-4-6-8-10/h4-8,11H,9,14H2,1-3H3/t11-/m0/s1. The number of nitrogens with two attached hydrogens (primary N) is 1. The van der Waals surface area contributed by atoms with Crippen molar-refractivity contribution in [3.8, 4) is 0 Å². The molecule has 0 amide bonds. The zero-order valence-electron chi connectivity index (χ0n) is 10.1. The largest absolute Gasteiger partial charge is 0.464 e. The van der Waals surface area contributed by atoms with Crippen molar-refractivity contribution in [2.24, 2.45) is 11.1 Å². The zero-order chi connectivity index (χ0) is 12.2. The minimum Gasteiger partial charge on any atom is -0.464 e. The summed E-state index contributed by atoms with van der Waals surface area (Å²) in [6.45, 7) is 6.41. The third kappa shape index (κ3) is 4.03. The van der Waals surface area contributed by atoms with Gasteiger partial charge in [0.1, 0.15) is 6.04 Å². The summed E-state index contributed by atoms with van der Waals surface area (Å²) in [7, 11) is 0. The second-order valence-corrected chi connectivity index (χ2v) is 5.06. The van der Waals surface area contributed by atoms with Crippen molar-refractivity contribution in [3.05, 3.63) is 35.9 Å². The van der Waals surface area contributed by atoms with E-state index in [9.17, 15) is 4.79 Å². The van der Waals surface area contributed by atoms with Crippen molar-refractivity contribution < 1.29 is 9.53 Å². The number of rotatable bonds is 3. The molecule has 0 aliphatic rings. The lowest BCUT2D eigenvalue weighted by atomic mass is 9.98. The predicted octanol–water partition coefficient (Wildman–Crippen LogP) is 2.28. The van der Waals surface area contributed by atoms with Gasteiger partial charge < -0.3 is 10.5 Å². The first-order valence-corrected chi connectivity index (χ1v) is 5.37. The molecule has 3 heteroatoms. The molecular formula is C13H19NO2. The number of carbonyl (C=O) groups is 1. The van der Waals surface area contributed by atoms with Gasteiger partial charge in [-0.25, -0.2) is 4.79 Å². The highest BCUT2D eigenvalue weighted by molar-refractivity contribution is 5.77. The fourth-order valence-electron chi connectivity index (χ4n) is 1.17. The van der Waals surface area contributed by atoms with E-state index in [4.69, 9.17) is 10.5 Å². The van der Waals surface area contributed by atoms with Crippen LogP contribution in [0.3, 0.4) is 0 Å². The highest BCUT2D eigenvalue weighted by Gasteiger charge is 2.20. The first-order valence-electron chi connectivity index (χ1n) is 5.37. The first kappa shape index (κ1) is 12.7. The molecule has 0 bridgehead atoms. The van der Waals surface area contributed by atoms with Crippen molar-refractivity contribution in [3.63, 3.8) is 0 Å². The molecule has 0 aliphatic heterocycles. The summed E-state index contributed by atoms with van der Waals surface area (Å²) < 4.78 is 5.16. The molecule has 0 heterocycles. The van der Waals surface area contributed by atoms with Crippen molar-refractivity contribution >= 4 is 5.97 Å². The van der Waals surface area contributed by atoms with Gasteiger partial charge in [-0.2, -0.15) is 0 Å². The van der Waals surface area contributed by atoms with Crippen LogP contribution in [0.4, 0.5) is 0 Å². The smallest absolute Gasteiger partial charge is 0.327 e. The summed E-state index contributed by atoms with van der Waals surface area (Å²) in [5.74, 6) is -0.374. The average molecular weight is 221 g/mol. The van der Waals surface area contributed by atoms with Crippen molar-refractivity contribution in [1.82, 2.24) is 0 Å². The van der Waals surface area contributed by atoms with Gasteiger partial charge in [-0.1, -0.05) is 51.1 Å². The molecule has 2 N–H and O–H groups in total. The van der Waals surface area contributed by atoms with E-state index < -0.39 is 6.04 Å². The molecule has 1 atom stereocenters. The molecular weight excluding hydrogens is 202 g/mol. The Morgan fingerprint density at radius 2 is 1.88 bits per heavy atom. The lowest BCUT2D eigenvalue weighted by Crippen LogP contribution is -2.27. The van der Waals surface area contributed by atoms with Crippen LogP contribution in [0.15, 0.2) is 30.3 Å². The Bertz CT molecular complexity index is 341. The highest BCUT2D eigenvalue weighted by atomic mass is 16.5. The minimum absolute atomic E-state index is 0.0356. The number of esters is 1. The highest BCUT2D eigenvalue weighted by Crippen LogP contribution is 2.16. The van der Waals surface area contributed by atoms with Gasteiger partial charge in [-0.15, -0.1) is 0 Å². The molecule has 0 saturated carbocycles. The molecule has 0 aliphatic carbocycles. The third-order valence-electron chi connectivity index (χ3n) is 2.06. The van der Waals surface area contributed by atoms with Crippen LogP contribution in [-0.2, 0) is 9.53 Å². The second-order valence-electron chi connectivity index (χ2n) is 5.06. The fraction of sp³-hybridized carbons (Fsp3) is 0.462. The number of ether oxygens (including phenoxy) is 1. The Morgan fingerprint density at radius 3 is 2.38 bits per heavy atom. The van der Waals surface area contributed by atoms with Crippen LogP contribution in [0.2, 0.25) is 0 Å². The lowest BCUT2D eigenvalue weighted by Gasteiger charge is -2.19. The molecule has 0 fully saturated rings. The van der Waals surface area contributed by atoms with Crippen molar-refractivity contribution in [1.29, 1.82) is 0 Å². The molecule has 16 heavy (non-hydrogen) atoms. The van der Waals surface area contributed by atoms with E-state index >= 15 is 0 Å². The molecule has 88 valence electrons. The zero-order valence-corrected chi connectivity index (χ0v) is 10.1. The van der Waals surface area contributed by atoms with Gasteiger partial charge in [0, 0.05) is 0 Å². The monoisotopic (exact) mass is 221 g/mol. The molecule has 0 unspecified atom stereocenters. The molecule has 0 aromatic heterocycles. The molecule has 1 rings (SSSR count). The number of carbonyl (C=O) groups excluding carboxylic acids is 1.